The van der Waals surface area contributed by atoms with E-state index < -0.39 is 162 Å². The van der Waals surface area contributed by atoms with Crippen LogP contribution in [0.5, 0.6) is 23.0 Å². The largest absolute Gasteiger partial charge is 0.513 e. The van der Waals surface area contributed by atoms with Crippen molar-refractivity contribution in [3.05, 3.63) is 198 Å². The van der Waals surface area contributed by atoms with Crippen LogP contribution in [0.2, 0.25) is 0 Å². The minimum atomic E-state index is -4.09. The summed E-state index contributed by atoms with van der Waals surface area (Å²) in [5.74, 6) is -1.83. The maximum absolute atomic E-state index is 14.1. The molecule has 10 aromatic rings. The number of aliphatic hydroxyl groups is 7. The first-order chi connectivity index (χ1) is 66.6. The number of anilines is 3. The number of ether oxygens (including phenoxy) is 6. The van der Waals surface area contributed by atoms with E-state index in [2.05, 4.69) is 35.3 Å². The number of hydrogen-bond acceptors (Lipinski definition) is 39. The second-order valence-electron chi connectivity index (χ2n) is 33.5. The number of rotatable bonds is 31. The van der Waals surface area contributed by atoms with Gasteiger partial charge in [-0.25, -0.2) is 42.2 Å². The Kier molecular flexibility index (Phi) is 38.0. The molecule has 3 aliphatic heterocycles. The number of carbonyl (C=O) groups excluding carboxylic acids is 3. The molecule has 9 heterocycles. The van der Waals surface area contributed by atoms with Crippen LogP contribution < -0.4 is 40.4 Å². The third kappa shape index (κ3) is 25.7. The van der Waals surface area contributed by atoms with Gasteiger partial charge < -0.3 is 99.5 Å². The minimum Gasteiger partial charge on any atom is -0.462 e. The van der Waals surface area contributed by atoms with Gasteiger partial charge in [0.25, 0.3) is 5.69 Å². The molecule has 0 spiro atoms. The smallest absolute Gasteiger partial charge is 0.462 e. The Labute approximate surface area is 806 Å². The third-order valence-electron chi connectivity index (χ3n) is 23.7. The number of carbonyl (C=O) groups is 3. The van der Waals surface area contributed by atoms with Crippen molar-refractivity contribution < 1.29 is 130 Å². The summed E-state index contributed by atoms with van der Waals surface area (Å²) in [7, 11) is -13.2. The molecule has 0 amide bonds. The fourth-order valence-corrected chi connectivity index (χ4v) is 21.8. The molecule has 754 valence electrons. The molecule has 0 bridgehead atoms. The Hall–Kier alpha value is -12.3. The van der Waals surface area contributed by atoms with Crippen LogP contribution in [0.1, 0.15) is 150 Å². The predicted octanol–water partition coefficient (Wildman–Crippen LogP) is 10.9. The van der Waals surface area contributed by atoms with E-state index in [1.54, 1.807) is 123 Å². The number of para-hydroxylation sites is 3. The maximum Gasteiger partial charge on any atom is 0.513 e. The number of fused-ring (bicyclic) bond motifs is 3. The van der Waals surface area contributed by atoms with Crippen LogP contribution in [-0.2, 0) is 82.4 Å². The molecule has 14 N–H and O–H groups in total. The number of nitrogens with one attached hydrogen (secondary N) is 1. The van der Waals surface area contributed by atoms with Gasteiger partial charge in [0.05, 0.1) is 74.5 Å². The highest BCUT2D eigenvalue weighted by atomic mass is 31.2. The Bertz CT molecular complexity index is 5880. The summed E-state index contributed by atoms with van der Waals surface area (Å²) in [4.78, 5) is 60.2. The average Bonchev–Trinajstić information content (AvgIpc) is 1.59. The van der Waals surface area contributed by atoms with Crippen LogP contribution in [0.4, 0.5) is 27.5 Å². The number of aromatic nitrogens is 9. The van der Waals surface area contributed by atoms with Gasteiger partial charge in [-0.15, -0.1) is 0 Å². The van der Waals surface area contributed by atoms with Crippen molar-refractivity contribution in [3.63, 3.8) is 0 Å². The quantitative estimate of drug-likeness (QED) is 0.00632. The number of esters is 3. The van der Waals surface area contributed by atoms with Crippen LogP contribution >= 0.6 is 22.9 Å². The Morgan fingerprint density at radius 3 is 1.11 bits per heavy atom. The third-order valence-corrected chi connectivity index (χ3v) is 29.4. The fourth-order valence-electron chi connectivity index (χ4n) is 16.5. The number of nitriles is 3. The molecule has 6 fully saturated rings. The minimum absolute atomic E-state index is 0. The Balaban J connectivity index is 0.000000196. The van der Waals surface area contributed by atoms with Gasteiger partial charge in [-0.05, 0) is 169 Å². The molecule has 3 aliphatic carbocycles. The van der Waals surface area contributed by atoms with Crippen molar-refractivity contribution in [1.82, 2.24) is 48.9 Å². The van der Waals surface area contributed by atoms with E-state index in [0.717, 1.165) is 96.3 Å². The number of nitro groups is 1. The van der Waals surface area contributed by atoms with Gasteiger partial charge in [-0.2, -0.15) is 36.2 Å². The Morgan fingerprint density at radius 2 is 0.800 bits per heavy atom. The normalized spacial score (nSPS) is 24.9. The van der Waals surface area contributed by atoms with Gasteiger partial charge >= 0.3 is 40.8 Å². The number of aliphatic hydroxyl groups excluding tert-OH is 7. The summed E-state index contributed by atoms with van der Waals surface area (Å²) in [6.45, 7) is 3.14. The number of nitro benzene ring substituents is 1. The highest BCUT2D eigenvalue weighted by Gasteiger charge is 2.61. The van der Waals surface area contributed by atoms with Crippen molar-refractivity contribution in [2.75, 3.05) is 56.5 Å². The second kappa shape index (κ2) is 49.2. The van der Waals surface area contributed by atoms with E-state index in [1.165, 1.54) is 81.9 Å². The van der Waals surface area contributed by atoms with Gasteiger partial charge in [-0.3, -0.25) is 37.9 Å². The first-order valence-electron chi connectivity index (χ1n) is 45.1. The second-order valence-corrected chi connectivity index (χ2v) is 39.1. The molecule has 140 heavy (non-hydrogen) atoms. The molecule has 48 heteroatoms. The highest BCUT2D eigenvalue weighted by Crippen LogP contribution is 2.55. The number of nitrogen functional groups attached to an aromatic ring is 3. The summed E-state index contributed by atoms with van der Waals surface area (Å²) in [6, 6.07) is 44.1. The van der Waals surface area contributed by atoms with E-state index in [9.17, 15) is 94.1 Å². The van der Waals surface area contributed by atoms with E-state index in [0.29, 0.717) is 16.6 Å². The van der Waals surface area contributed by atoms with Crippen molar-refractivity contribution in [3.8, 4) is 41.2 Å². The predicted molar refractivity (Wildman–Crippen MR) is 502 cm³/mol. The lowest BCUT2D eigenvalue weighted by Gasteiger charge is -2.26. The fraction of sp³-hybridized carbons (Fsp3) is 0.478. The monoisotopic (exact) mass is 2000 g/mol. The zero-order valence-electron chi connectivity index (χ0n) is 76.2. The standard InChI is InChI=1S/2C28H34N5O8P.C21H25N2O7P.C12H13N5O4.CH3F.2CH4/c2*1-18(27(36)39-19-8-4-2-5-9-19)15-42(37,41-20-10-6-3-7-11-20)38-14-22-24(34)25(35)28(16-29,40-22)23-13-12-21-26(30)31-17-32-33(21)23;1-16(21(24)28-18-8-4-2-5-9-18)22-31(27,29-19-10-6-3-7-11-19)30-20-14-12-17(13-15-20)23(25)26;13-4-12(10(20)9(19)7(3-18)21-12)8-2-1-6-11(14)15-5-16-17(6)8;1-2;;/h2*3,6-7,10-13,17-19,22,24-25,34-35H,2,4-5,8-9,14-15H2,1H3,(H2,30,31,32);3,6-7,10-16,18H,2,4-5,8-9H2,1H3,(H,22,27);1-2,5,7,9-10,18-20H,3H2,(H2,14,15,16);1H3;2*1H4/t2*18-,22-,24-,25-,28+,42?;16-,31?;7-,9-,10-,12+;;;/m1101.../s1/i;;;;1D;;. The molecular formula is C92H117FN17O27P3. The SMILES string of the molecule is C.C.C[C@H](CP(=O)(OC[C@H]1O[C@@](C#N)(c2ccc3c(N)ncnn23)[C@H](O)[C@@H]1O)Oc1ccccc1)C(=O)OC1CCCCC1.C[C@H](CP(=O)(OC[C@H]1O[C@@](C#N)(c2ccc3c(N)ncnn23)[C@H](O)[C@@H]1O)Oc1ccccc1)C(=O)OC1CCCCC1.C[C@H](NP(=O)(Oc1ccccc1)Oc1ccc([N+](=O)[O-])cc1)C(=O)OC1CCCCC1.N#C[C@@]1(c2ccc3c(N)ncnn23)O[C@H](CO)[C@@H](O)[C@H]1O.[2H]CF. The van der Waals surface area contributed by atoms with E-state index in [-0.39, 0.29) is 109 Å². The molecular weight excluding hydrogens is 1890 g/mol. The molecule has 18 atom stereocenters. The topological polar surface area (TPSA) is 650 Å². The van der Waals surface area contributed by atoms with E-state index in [4.69, 9.17) is 74.1 Å². The summed E-state index contributed by atoms with van der Waals surface area (Å²) in [6.07, 6.45) is 3.42. The molecule has 3 saturated carbocycles. The van der Waals surface area contributed by atoms with Gasteiger partial charge in [-0.1, -0.05) is 103 Å². The zero-order valence-corrected chi connectivity index (χ0v) is 77.9. The average molecular weight is 2010 g/mol. The lowest BCUT2D eigenvalue weighted by atomic mass is 9.92. The molecule has 16 rings (SSSR count). The number of benzene rings is 4. The van der Waals surface area contributed by atoms with Crippen LogP contribution in [0, 0.1) is 55.9 Å². The van der Waals surface area contributed by atoms with Gasteiger partial charge in [0.1, 0.15) is 156 Å². The molecule has 0 radical (unpaired) electrons. The lowest BCUT2D eigenvalue weighted by molar-refractivity contribution is -0.384. The number of non-ortho nitro benzene ring substituents is 1. The van der Waals surface area contributed by atoms with Crippen LogP contribution in [0.3, 0.4) is 0 Å². The number of hydrogen-bond donors (Lipinski definition) is 11. The van der Waals surface area contributed by atoms with Gasteiger partial charge in [0.15, 0.2) is 17.5 Å². The first kappa shape index (κ1) is 108. The molecule has 44 nitrogen and oxygen atoms in total. The summed E-state index contributed by atoms with van der Waals surface area (Å²) in [5, 5.41) is 129. The Morgan fingerprint density at radius 1 is 0.500 bits per heavy atom. The summed E-state index contributed by atoms with van der Waals surface area (Å²) < 4.78 is 129. The number of alkyl halides is 1. The van der Waals surface area contributed by atoms with Crippen LogP contribution in [0.15, 0.2) is 171 Å². The summed E-state index contributed by atoms with van der Waals surface area (Å²) >= 11 is 0. The zero-order chi connectivity index (χ0) is 100.0. The highest BCUT2D eigenvalue weighted by molar-refractivity contribution is 7.54. The van der Waals surface area contributed by atoms with Crippen molar-refractivity contribution in [1.29, 1.82) is 15.8 Å². The van der Waals surface area contributed by atoms with E-state index >= 15 is 0 Å². The first-order valence-corrected chi connectivity index (χ1v) is 49.3. The number of nitrogens with zero attached hydrogens (tertiary/aromatic N) is 13. The maximum atomic E-state index is 14.1. The lowest BCUT2D eigenvalue weighted by Crippen LogP contribution is -2.41. The molecule has 3 saturated heterocycles. The van der Waals surface area contributed by atoms with Crippen LogP contribution in [-0.4, -0.2) is 221 Å². The number of halogens is 1. The van der Waals surface area contributed by atoms with Crippen LogP contribution in [0.25, 0.3) is 16.6 Å². The molecule has 6 aromatic heterocycles. The molecule has 3 unspecified atom stereocenters. The van der Waals surface area contributed by atoms with Crippen molar-refractivity contribution in [2.45, 2.75) is 228 Å². The van der Waals surface area contributed by atoms with Crippen molar-refractivity contribution >= 4 is 80.5 Å². The van der Waals surface area contributed by atoms with Crippen molar-refractivity contribution in [2.24, 2.45) is 11.8 Å². The van der Waals surface area contributed by atoms with Gasteiger partial charge in [0.2, 0.25) is 16.8 Å². The summed E-state index contributed by atoms with van der Waals surface area (Å²) in [5.41, 5.74) is 13.1. The van der Waals surface area contributed by atoms with E-state index in [1.807, 2.05) is 18.2 Å². The molecule has 4 aromatic carbocycles. The van der Waals surface area contributed by atoms with Gasteiger partial charge in [0, 0.05) is 12.1 Å². The number of nitrogens with two attached hydrogens (primary N) is 3. The molecule has 6 aliphatic rings.